The van der Waals surface area contributed by atoms with Gasteiger partial charge in [-0.2, -0.15) is 0 Å². The molecule has 0 unspecified atom stereocenters. The molecule has 64 heavy (non-hydrogen) atoms. The molecule has 0 saturated heterocycles. The van der Waals surface area contributed by atoms with Crippen LogP contribution in [0.5, 0.6) is 0 Å². The van der Waals surface area contributed by atoms with Crippen molar-refractivity contribution in [3.63, 3.8) is 0 Å². The summed E-state index contributed by atoms with van der Waals surface area (Å²) in [7, 11) is 0. The molecule has 0 spiro atoms. The van der Waals surface area contributed by atoms with E-state index in [-0.39, 0.29) is 0 Å². The van der Waals surface area contributed by atoms with Crippen LogP contribution in [0.25, 0.3) is 109 Å². The second kappa shape index (κ2) is 13.4. The maximum absolute atomic E-state index is 6.59. The molecule has 4 heteroatoms. The zero-order valence-electron chi connectivity index (χ0n) is 34.6. The normalized spacial score (nSPS) is 12.1. The molecule has 0 N–H and O–H groups in total. The van der Waals surface area contributed by atoms with Gasteiger partial charge in [-0.05, 0) is 111 Å². The van der Waals surface area contributed by atoms with Crippen LogP contribution in [-0.4, -0.2) is 9.13 Å². The fraction of sp³-hybridized carbons (Fsp3) is 0. The zero-order valence-corrected chi connectivity index (χ0v) is 34.6. The van der Waals surface area contributed by atoms with Gasteiger partial charge in [-0.25, -0.2) is 0 Å². The predicted octanol–water partition coefficient (Wildman–Crippen LogP) is 16.7. The number of rotatable bonds is 5. The number of anilines is 3. The van der Waals surface area contributed by atoms with E-state index in [9.17, 15) is 0 Å². The Morgan fingerprint density at radius 1 is 0.297 bits per heavy atom. The molecule has 0 bridgehead atoms. The molecule has 0 aliphatic heterocycles. The summed E-state index contributed by atoms with van der Waals surface area (Å²) in [6, 6.07) is 81.6. The van der Waals surface area contributed by atoms with Gasteiger partial charge >= 0.3 is 0 Å². The molecule has 0 aliphatic carbocycles. The first-order valence-corrected chi connectivity index (χ1v) is 21.9. The number of aromatic nitrogens is 2. The molecule has 0 radical (unpaired) electrons. The summed E-state index contributed by atoms with van der Waals surface area (Å²) in [5.41, 5.74) is 11.9. The average Bonchev–Trinajstić information content (AvgIpc) is 4.03. The van der Waals surface area contributed by atoms with Crippen molar-refractivity contribution in [2.75, 3.05) is 4.90 Å². The Morgan fingerprint density at radius 3 is 1.50 bits per heavy atom. The summed E-state index contributed by atoms with van der Waals surface area (Å²) < 4.78 is 11.5. The molecule has 0 fully saturated rings. The second-order valence-electron chi connectivity index (χ2n) is 16.8. The number of nitrogens with zero attached hydrogens (tertiary/aromatic N) is 3. The summed E-state index contributed by atoms with van der Waals surface area (Å²) in [6.45, 7) is 0. The number of para-hydroxylation sites is 4. The van der Waals surface area contributed by atoms with Crippen molar-refractivity contribution < 1.29 is 4.42 Å². The molecule has 3 heterocycles. The fourth-order valence-electron chi connectivity index (χ4n) is 10.9. The van der Waals surface area contributed by atoms with E-state index in [2.05, 4.69) is 232 Å². The van der Waals surface area contributed by atoms with Crippen LogP contribution in [0.4, 0.5) is 17.1 Å². The quantitative estimate of drug-likeness (QED) is 0.162. The van der Waals surface area contributed by atoms with Crippen molar-refractivity contribution in [3.8, 4) is 11.4 Å². The van der Waals surface area contributed by atoms with Crippen molar-refractivity contribution >= 4 is 115 Å². The van der Waals surface area contributed by atoms with Gasteiger partial charge in [-0.3, -0.25) is 0 Å². The Morgan fingerprint density at radius 2 is 0.781 bits per heavy atom. The summed E-state index contributed by atoms with van der Waals surface area (Å²) in [4.78, 5) is 2.48. The van der Waals surface area contributed by atoms with Gasteiger partial charge in [0.15, 0.2) is 0 Å². The minimum Gasteiger partial charge on any atom is -0.456 e. The highest BCUT2D eigenvalue weighted by Gasteiger charge is 2.26. The molecule has 0 aliphatic rings. The fourth-order valence-corrected chi connectivity index (χ4v) is 10.9. The Kier molecular flexibility index (Phi) is 7.36. The summed E-state index contributed by atoms with van der Waals surface area (Å²) in [5, 5.41) is 14.4. The lowest BCUT2D eigenvalue weighted by Gasteiger charge is -2.28. The summed E-state index contributed by atoms with van der Waals surface area (Å²) in [6.07, 6.45) is 0. The smallest absolute Gasteiger partial charge is 0.137 e. The molecular weight excluding hydrogens is 779 g/mol. The highest BCUT2D eigenvalue weighted by Crippen LogP contribution is 2.49. The number of furan rings is 1. The SMILES string of the molecule is c1ccc(-n2c3ccccc3c3c(-n4c5ccccc5c5c(N(c6ccc7c8ccccc8c8ccccc8c7c6)c6cccc7oc8ccccc8c67)cccc54)cccc32)cc1. The Bertz CT molecular complexity index is 4170. The summed E-state index contributed by atoms with van der Waals surface area (Å²) in [5.74, 6) is 0. The van der Waals surface area contributed by atoms with E-state index in [4.69, 9.17) is 4.42 Å². The van der Waals surface area contributed by atoms with Crippen molar-refractivity contribution in [3.05, 3.63) is 224 Å². The standard InChI is InChI=1S/C60H37N3O/c1-2-17-38(18-3-1)61-49-26-11-8-23-45(49)58-51(61)28-14-30-53(58)63-50-27-12-9-24-46(50)59-52(29-15-31-54(59)63)62(55-32-16-34-57-60(55)47-25-10-13-33-56(47)64-57)39-35-36-44-42-21-5-4-19-40(42)41-20-6-7-22-43(41)48(44)37-39/h1-37H. The van der Waals surface area contributed by atoms with Crippen LogP contribution in [0.15, 0.2) is 229 Å². The van der Waals surface area contributed by atoms with Crippen molar-refractivity contribution in [2.24, 2.45) is 0 Å². The maximum Gasteiger partial charge on any atom is 0.137 e. The third-order valence-corrected chi connectivity index (χ3v) is 13.5. The van der Waals surface area contributed by atoms with E-state index < -0.39 is 0 Å². The highest BCUT2D eigenvalue weighted by molar-refractivity contribution is 6.27. The third-order valence-electron chi connectivity index (χ3n) is 13.5. The maximum atomic E-state index is 6.59. The van der Waals surface area contributed by atoms with Gasteiger partial charge in [0.05, 0.1) is 44.5 Å². The minimum absolute atomic E-state index is 0.858. The first-order chi connectivity index (χ1) is 31.8. The van der Waals surface area contributed by atoms with Crippen molar-refractivity contribution in [2.45, 2.75) is 0 Å². The highest BCUT2D eigenvalue weighted by atomic mass is 16.3. The number of fused-ring (bicyclic) bond motifs is 15. The molecule has 14 rings (SSSR count). The van der Waals surface area contributed by atoms with Gasteiger partial charge in [-0.15, -0.1) is 0 Å². The monoisotopic (exact) mass is 815 g/mol. The van der Waals surface area contributed by atoms with Gasteiger partial charge in [-0.1, -0.05) is 146 Å². The van der Waals surface area contributed by atoms with E-state index in [0.717, 1.165) is 61.4 Å². The van der Waals surface area contributed by atoms with Crippen LogP contribution in [0, 0.1) is 0 Å². The van der Waals surface area contributed by atoms with E-state index in [0.29, 0.717) is 0 Å². The van der Waals surface area contributed by atoms with Crippen LogP contribution < -0.4 is 4.90 Å². The van der Waals surface area contributed by atoms with Gasteiger partial charge in [0.25, 0.3) is 0 Å². The molecular formula is C60H37N3O. The van der Waals surface area contributed by atoms with Gasteiger partial charge in [0.2, 0.25) is 0 Å². The van der Waals surface area contributed by atoms with Crippen LogP contribution in [0.2, 0.25) is 0 Å². The Labute approximate surface area is 367 Å². The first-order valence-electron chi connectivity index (χ1n) is 21.9. The third kappa shape index (κ3) is 4.88. The van der Waals surface area contributed by atoms with E-state index in [1.807, 2.05) is 6.07 Å². The molecule has 0 amide bonds. The van der Waals surface area contributed by atoms with E-state index in [1.165, 1.54) is 64.9 Å². The van der Waals surface area contributed by atoms with Crippen molar-refractivity contribution in [1.82, 2.24) is 9.13 Å². The zero-order chi connectivity index (χ0) is 41.9. The lowest BCUT2D eigenvalue weighted by Crippen LogP contribution is -2.11. The average molecular weight is 816 g/mol. The predicted molar refractivity (Wildman–Crippen MR) is 270 cm³/mol. The molecule has 14 aromatic rings. The van der Waals surface area contributed by atoms with Crippen LogP contribution >= 0.6 is 0 Å². The van der Waals surface area contributed by atoms with Gasteiger partial charge in [0.1, 0.15) is 11.2 Å². The van der Waals surface area contributed by atoms with E-state index >= 15 is 0 Å². The minimum atomic E-state index is 0.858. The summed E-state index contributed by atoms with van der Waals surface area (Å²) >= 11 is 0. The Hall–Kier alpha value is -8.60. The van der Waals surface area contributed by atoms with E-state index in [1.54, 1.807) is 0 Å². The topological polar surface area (TPSA) is 26.2 Å². The van der Waals surface area contributed by atoms with Crippen LogP contribution in [0.3, 0.4) is 0 Å². The molecule has 0 saturated carbocycles. The molecule has 3 aromatic heterocycles. The van der Waals surface area contributed by atoms with Gasteiger partial charge < -0.3 is 18.5 Å². The second-order valence-corrected chi connectivity index (χ2v) is 16.8. The molecule has 11 aromatic carbocycles. The molecule has 4 nitrogen and oxygen atoms in total. The first kappa shape index (κ1) is 35.0. The lowest BCUT2D eigenvalue weighted by molar-refractivity contribution is 0.669. The number of hydrogen-bond acceptors (Lipinski definition) is 2. The van der Waals surface area contributed by atoms with Crippen LogP contribution in [-0.2, 0) is 0 Å². The van der Waals surface area contributed by atoms with Crippen LogP contribution in [0.1, 0.15) is 0 Å². The molecule has 298 valence electrons. The number of benzene rings is 11. The van der Waals surface area contributed by atoms with Crippen molar-refractivity contribution in [1.29, 1.82) is 0 Å². The number of hydrogen-bond donors (Lipinski definition) is 0. The Balaban J connectivity index is 1.11. The van der Waals surface area contributed by atoms with Gasteiger partial charge in [0, 0.05) is 38.3 Å². The largest absolute Gasteiger partial charge is 0.456 e. The lowest BCUT2D eigenvalue weighted by atomic mass is 9.94. The molecule has 0 atom stereocenters.